The van der Waals surface area contributed by atoms with Gasteiger partial charge in [0.05, 0.1) is 6.33 Å². The molecule has 13 heavy (non-hydrogen) atoms. The molecular formula is C9H8ClN3. The summed E-state index contributed by atoms with van der Waals surface area (Å²) in [5.74, 6) is 0. The maximum atomic E-state index is 5.86. The van der Waals surface area contributed by atoms with Gasteiger partial charge in [0.15, 0.2) is 0 Å². The molecule has 0 aliphatic carbocycles. The molecule has 0 atom stereocenters. The number of halogens is 1. The Kier molecular flexibility index (Phi) is 1.94. The fourth-order valence-corrected chi connectivity index (χ4v) is 1.33. The second-order valence-electron chi connectivity index (χ2n) is 2.69. The molecule has 0 fully saturated rings. The van der Waals surface area contributed by atoms with Crippen LogP contribution in [0.2, 0.25) is 5.15 Å². The quantitative estimate of drug-likeness (QED) is 0.683. The Hall–Kier alpha value is -1.48. The molecule has 2 aromatic rings. The van der Waals surface area contributed by atoms with Crippen LogP contribution in [0.15, 0.2) is 30.6 Å². The first kappa shape index (κ1) is 8.13. The lowest BCUT2D eigenvalue weighted by atomic mass is 10.1. The number of imidazole rings is 1. The van der Waals surface area contributed by atoms with E-state index in [0.29, 0.717) is 5.15 Å². The van der Waals surface area contributed by atoms with E-state index in [2.05, 4.69) is 9.97 Å². The number of nitrogens with zero attached hydrogens (tertiary/aromatic N) is 1. The molecule has 1 heterocycles. The number of nitrogens with one attached hydrogen (secondary N) is 1. The van der Waals surface area contributed by atoms with Gasteiger partial charge in [-0.25, -0.2) is 4.98 Å². The molecule has 0 amide bonds. The summed E-state index contributed by atoms with van der Waals surface area (Å²) in [5, 5.41) is 0.546. The summed E-state index contributed by atoms with van der Waals surface area (Å²) in [6.07, 6.45) is 1.56. The Labute approximate surface area is 80.6 Å². The Balaban J connectivity index is 2.47. The van der Waals surface area contributed by atoms with Crippen molar-refractivity contribution in [1.82, 2.24) is 9.97 Å². The maximum Gasteiger partial charge on any atom is 0.134 e. The highest BCUT2D eigenvalue weighted by Gasteiger charge is 2.04. The smallest absolute Gasteiger partial charge is 0.134 e. The Morgan fingerprint density at radius 1 is 1.23 bits per heavy atom. The van der Waals surface area contributed by atoms with Crippen LogP contribution in [-0.2, 0) is 0 Å². The van der Waals surface area contributed by atoms with Crippen molar-refractivity contribution in [2.24, 2.45) is 0 Å². The van der Waals surface area contributed by atoms with Crippen LogP contribution < -0.4 is 5.73 Å². The van der Waals surface area contributed by atoms with Crippen molar-refractivity contribution in [2.75, 3.05) is 5.73 Å². The highest BCUT2D eigenvalue weighted by Crippen LogP contribution is 2.24. The van der Waals surface area contributed by atoms with Crippen LogP contribution in [0.25, 0.3) is 11.3 Å². The lowest BCUT2D eigenvalue weighted by molar-refractivity contribution is 1.31. The van der Waals surface area contributed by atoms with Gasteiger partial charge in [-0.1, -0.05) is 23.7 Å². The second kappa shape index (κ2) is 3.11. The number of aromatic nitrogens is 2. The van der Waals surface area contributed by atoms with Crippen molar-refractivity contribution < 1.29 is 0 Å². The first-order chi connectivity index (χ1) is 6.27. The molecule has 3 nitrogen and oxygen atoms in total. The summed E-state index contributed by atoms with van der Waals surface area (Å²) in [6.45, 7) is 0. The normalized spacial score (nSPS) is 10.2. The van der Waals surface area contributed by atoms with E-state index in [1.165, 1.54) is 0 Å². The van der Waals surface area contributed by atoms with E-state index >= 15 is 0 Å². The predicted molar refractivity (Wildman–Crippen MR) is 53.4 cm³/mol. The number of H-pyrrole nitrogens is 1. The number of hydrogen-bond donors (Lipinski definition) is 2. The van der Waals surface area contributed by atoms with Gasteiger partial charge < -0.3 is 10.7 Å². The minimum absolute atomic E-state index is 0.546. The van der Waals surface area contributed by atoms with Crippen molar-refractivity contribution in [2.45, 2.75) is 0 Å². The van der Waals surface area contributed by atoms with Crippen molar-refractivity contribution >= 4 is 17.3 Å². The summed E-state index contributed by atoms with van der Waals surface area (Å²) in [7, 11) is 0. The second-order valence-corrected chi connectivity index (χ2v) is 3.07. The average Bonchev–Trinajstić information content (AvgIpc) is 2.53. The third-order valence-electron chi connectivity index (χ3n) is 1.78. The Morgan fingerprint density at radius 3 is 2.46 bits per heavy atom. The van der Waals surface area contributed by atoms with E-state index in [1.54, 1.807) is 6.33 Å². The number of aromatic amines is 1. The molecule has 0 radical (unpaired) electrons. The number of rotatable bonds is 1. The van der Waals surface area contributed by atoms with Gasteiger partial charge in [-0.2, -0.15) is 0 Å². The van der Waals surface area contributed by atoms with Crippen LogP contribution >= 0.6 is 11.6 Å². The van der Waals surface area contributed by atoms with Crippen molar-refractivity contribution in [3.63, 3.8) is 0 Å². The molecule has 0 saturated carbocycles. The molecule has 1 aromatic heterocycles. The van der Waals surface area contributed by atoms with Gasteiger partial charge in [-0.05, 0) is 12.1 Å². The highest BCUT2D eigenvalue weighted by atomic mass is 35.5. The molecule has 2 rings (SSSR count). The van der Waals surface area contributed by atoms with Gasteiger partial charge in [-0.15, -0.1) is 0 Å². The number of benzene rings is 1. The summed E-state index contributed by atoms with van der Waals surface area (Å²) < 4.78 is 0. The third kappa shape index (κ3) is 1.51. The molecule has 0 aliphatic rings. The molecule has 3 N–H and O–H groups in total. The summed E-state index contributed by atoms with van der Waals surface area (Å²) in [6, 6.07) is 7.41. The zero-order valence-electron chi connectivity index (χ0n) is 6.79. The van der Waals surface area contributed by atoms with Crippen molar-refractivity contribution in [3.05, 3.63) is 35.7 Å². The van der Waals surface area contributed by atoms with E-state index in [0.717, 1.165) is 16.9 Å². The van der Waals surface area contributed by atoms with E-state index in [4.69, 9.17) is 17.3 Å². The molecule has 1 aromatic carbocycles. The number of hydrogen-bond acceptors (Lipinski definition) is 2. The van der Waals surface area contributed by atoms with Gasteiger partial charge in [0.2, 0.25) is 0 Å². The number of nitrogens with two attached hydrogens (primary N) is 1. The SMILES string of the molecule is Nc1ccc(-c2nc[nH]c2Cl)cc1. The summed E-state index contributed by atoms with van der Waals surface area (Å²) >= 11 is 5.86. The fourth-order valence-electron chi connectivity index (χ4n) is 1.12. The molecule has 0 bridgehead atoms. The molecule has 0 saturated heterocycles. The van der Waals surface area contributed by atoms with Crippen LogP contribution in [0.4, 0.5) is 5.69 Å². The minimum Gasteiger partial charge on any atom is -0.399 e. The van der Waals surface area contributed by atoms with Crippen LogP contribution in [0.3, 0.4) is 0 Å². The predicted octanol–water partition coefficient (Wildman–Crippen LogP) is 2.31. The van der Waals surface area contributed by atoms with Crippen molar-refractivity contribution in [1.29, 1.82) is 0 Å². The number of anilines is 1. The molecule has 66 valence electrons. The largest absolute Gasteiger partial charge is 0.399 e. The zero-order chi connectivity index (χ0) is 9.26. The molecule has 0 spiro atoms. The summed E-state index contributed by atoms with van der Waals surface area (Å²) in [4.78, 5) is 6.89. The van der Waals surface area contributed by atoms with Crippen molar-refractivity contribution in [3.8, 4) is 11.3 Å². The van der Waals surface area contributed by atoms with Gasteiger partial charge in [0.1, 0.15) is 10.8 Å². The fraction of sp³-hybridized carbons (Fsp3) is 0. The molecule has 4 heteroatoms. The zero-order valence-corrected chi connectivity index (χ0v) is 7.55. The first-order valence-corrected chi connectivity index (χ1v) is 4.20. The maximum absolute atomic E-state index is 5.86. The Bertz CT molecular complexity index is 405. The number of nitrogen functional groups attached to an aromatic ring is 1. The standard InChI is InChI=1S/C9H8ClN3/c10-9-8(12-5-13-9)6-1-3-7(11)4-2-6/h1-5H,11H2,(H,12,13). The third-order valence-corrected chi connectivity index (χ3v) is 2.07. The molecule has 0 unspecified atom stereocenters. The lowest BCUT2D eigenvalue weighted by Crippen LogP contribution is -1.84. The molecule has 0 aliphatic heterocycles. The monoisotopic (exact) mass is 193 g/mol. The van der Waals surface area contributed by atoms with Gasteiger partial charge in [0, 0.05) is 11.3 Å². The lowest BCUT2D eigenvalue weighted by Gasteiger charge is -1.97. The van der Waals surface area contributed by atoms with Gasteiger partial charge in [0.25, 0.3) is 0 Å². The topological polar surface area (TPSA) is 54.7 Å². The van der Waals surface area contributed by atoms with E-state index in [1.807, 2.05) is 24.3 Å². The highest BCUT2D eigenvalue weighted by molar-refractivity contribution is 6.31. The van der Waals surface area contributed by atoms with Gasteiger partial charge >= 0.3 is 0 Å². The van der Waals surface area contributed by atoms with E-state index in [9.17, 15) is 0 Å². The Morgan fingerprint density at radius 2 is 1.92 bits per heavy atom. The summed E-state index contributed by atoms with van der Waals surface area (Å²) in [5.41, 5.74) is 8.00. The van der Waals surface area contributed by atoms with Crippen LogP contribution in [0.5, 0.6) is 0 Å². The van der Waals surface area contributed by atoms with Crippen LogP contribution in [-0.4, -0.2) is 9.97 Å². The first-order valence-electron chi connectivity index (χ1n) is 3.82. The van der Waals surface area contributed by atoms with E-state index in [-0.39, 0.29) is 0 Å². The van der Waals surface area contributed by atoms with Gasteiger partial charge in [-0.3, -0.25) is 0 Å². The van der Waals surface area contributed by atoms with Crippen LogP contribution in [0.1, 0.15) is 0 Å². The van der Waals surface area contributed by atoms with Crippen LogP contribution in [0, 0.1) is 0 Å². The average molecular weight is 194 g/mol. The minimum atomic E-state index is 0.546. The molecular weight excluding hydrogens is 186 g/mol. The van der Waals surface area contributed by atoms with E-state index < -0.39 is 0 Å².